The molecule has 1 N–H and O–H groups in total. The Morgan fingerprint density at radius 1 is 1.04 bits per heavy atom. The Hall–Kier alpha value is -2.40. The van der Waals surface area contributed by atoms with E-state index in [1.807, 2.05) is 30.3 Å². The molecule has 0 bridgehead atoms. The molecular formula is C18H21NO4. The van der Waals surface area contributed by atoms with Crippen molar-refractivity contribution < 1.29 is 18.9 Å². The van der Waals surface area contributed by atoms with Crippen molar-refractivity contribution in [2.45, 2.75) is 19.5 Å². The number of nitrogens with one attached hydrogen (secondary N) is 1. The van der Waals surface area contributed by atoms with E-state index in [4.69, 9.17) is 18.9 Å². The van der Waals surface area contributed by atoms with Gasteiger partial charge in [0.25, 0.3) is 0 Å². The second kappa shape index (κ2) is 6.79. The lowest BCUT2D eigenvalue weighted by Gasteiger charge is -2.16. The molecule has 1 heterocycles. The van der Waals surface area contributed by atoms with Gasteiger partial charge in [-0.1, -0.05) is 12.1 Å². The fourth-order valence-electron chi connectivity index (χ4n) is 2.56. The van der Waals surface area contributed by atoms with Crippen LogP contribution in [0.4, 0.5) is 0 Å². The average molecular weight is 315 g/mol. The Labute approximate surface area is 136 Å². The van der Waals surface area contributed by atoms with Crippen molar-refractivity contribution in [1.29, 1.82) is 0 Å². The van der Waals surface area contributed by atoms with Crippen LogP contribution < -0.4 is 24.3 Å². The molecule has 1 atom stereocenters. The van der Waals surface area contributed by atoms with Crippen molar-refractivity contribution in [2.24, 2.45) is 0 Å². The van der Waals surface area contributed by atoms with Gasteiger partial charge in [-0.15, -0.1) is 0 Å². The number of fused-ring (bicyclic) bond motifs is 1. The number of hydrogen-bond acceptors (Lipinski definition) is 5. The van der Waals surface area contributed by atoms with E-state index in [9.17, 15) is 0 Å². The van der Waals surface area contributed by atoms with E-state index in [-0.39, 0.29) is 6.04 Å². The Morgan fingerprint density at radius 2 is 1.87 bits per heavy atom. The van der Waals surface area contributed by atoms with E-state index in [2.05, 4.69) is 18.3 Å². The summed E-state index contributed by atoms with van der Waals surface area (Å²) < 4.78 is 21.4. The number of ether oxygens (including phenoxy) is 4. The van der Waals surface area contributed by atoms with Crippen molar-refractivity contribution in [1.82, 2.24) is 5.32 Å². The summed E-state index contributed by atoms with van der Waals surface area (Å²) in [5.41, 5.74) is 2.24. The SMILES string of the molecule is COc1ccc(CN[C@H](C)c2ccc3c(c2)OCO3)c(OC)c1. The van der Waals surface area contributed by atoms with Crippen LogP contribution in [-0.2, 0) is 6.54 Å². The minimum atomic E-state index is 0.177. The Balaban J connectivity index is 1.68. The van der Waals surface area contributed by atoms with Crippen LogP contribution in [0.2, 0.25) is 0 Å². The summed E-state index contributed by atoms with van der Waals surface area (Å²) in [5.74, 6) is 3.21. The van der Waals surface area contributed by atoms with Crippen LogP contribution >= 0.6 is 0 Å². The van der Waals surface area contributed by atoms with Crippen molar-refractivity contribution >= 4 is 0 Å². The molecule has 0 amide bonds. The molecule has 2 aromatic rings. The first-order valence-electron chi connectivity index (χ1n) is 7.55. The second-order valence-electron chi connectivity index (χ2n) is 5.39. The third-order valence-corrected chi connectivity index (χ3v) is 3.99. The molecule has 1 aliphatic rings. The van der Waals surface area contributed by atoms with Gasteiger partial charge in [-0.2, -0.15) is 0 Å². The summed E-state index contributed by atoms with van der Waals surface area (Å²) in [6.45, 7) is 3.11. The lowest BCUT2D eigenvalue weighted by atomic mass is 10.1. The van der Waals surface area contributed by atoms with Crippen LogP contribution in [0, 0.1) is 0 Å². The molecule has 5 nitrogen and oxygen atoms in total. The van der Waals surface area contributed by atoms with Crippen LogP contribution in [0.25, 0.3) is 0 Å². The van der Waals surface area contributed by atoms with Gasteiger partial charge in [-0.25, -0.2) is 0 Å². The molecular weight excluding hydrogens is 294 g/mol. The third kappa shape index (κ3) is 3.35. The highest BCUT2D eigenvalue weighted by Gasteiger charge is 2.16. The van der Waals surface area contributed by atoms with E-state index in [0.717, 1.165) is 34.1 Å². The van der Waals surface area contributed by atoms with Crippen LogP contribution in [0.15, 0.2) is 36.4 Å². The van der Waals surface area contributed by atoms with Crippen molar-refractivity contribution in [3.8, 4) is 23.0 Å². The van der Waals surface area contributed by atoms with Crippen molar-refractivity contribution in [3.05, 3.63) is 47.5 Å². The Kier molecular flexibility index (Phi) is 4.57. The lowest BCUT2D eigenvalue weighted by molar-refractivity contribution is 0.174. The minimum absolute atomic E-state index is 0.177. The minimum Gasteiger partial charge on any atom is -0.497 e. The summed E-state index contributed by atoms with van der Waals surface area (Å²) in [6.07, 6.45) is 0. The summed E-state index contributed by atoms with van der Waals surface area (Å²) in [5, 5.41) is 3.50. The largest absolute Gasteiger partial charge is 0.497 e. The number of hydrogen-bond donors (Lipinski definition) is 1. The van der Waals surface area contributed by atoms with E-state index in [0.29, 0.717) is 13.3 Å². The molecule has 0 aromatic heterocycles. The fraction of sp³-hybridized carbons (Fsp3) is 0.333. The zero-order valence-electron chi connectivity index (χ0n) is 13.6. The lowest BCUT2D eigenvalue weighted by Crippen LogP contribution is -2.18. The summed E-state index contributed by atoms with van der Waals surface area (Å²) >= 11 is 0. The van der Waals surface area contributed by atoms with Gasteiger partial charge >= 0.3 is 0 Å². The molecule has 5 heteroatoms. The first-order valence-corrected chi connectivity index (χ1v) is 7.55. The molecule has 2 aromatic carbocycles. The van der Waals surface area contributed by atoms with Crippen LogP contribution in [0.3, 0.4) is 0 Å². The van der Waals surface area contributed by atoms with Crippen molar-refractivity contribution in [3.63, 3.8) is 0 Å². The molecule has 0 aliphatic carbocycles. The predicted octanol–water partition coefficient (Wildman–Crippen LogP) is 3.28. The molecule has 3 rings (SSSR count). The number of methoxy groups -OCH3 is 2. The van der Waals surface area contributed by atoms with Gasteiger partial charge in [0.15, 0.2) is 11.5 Å². The predicted molar refractivity (Wildman–Crippen MR) is 87.4 cm³/mol. The first-order chi connectivity index (χ1) is 11.2. The van der Waals surface area contributed by atoms with Gasteiger partial charge in [-0.05, 0) is 30.7 Å². The van der Waals surface area contributed by atoms with Gasteiger partial charge < -0.3 is 24.3 Å². The van der Waals surface area contributed by atoms with E-state index >= 15 is 0 Å². The molecule has 23 heavy (non-hydrogen) atoms. The van der Waals surface area contributed by atoms with Gasteiger partial charge in [0.1, 0.15) is 11.5 Å². The number of benzene rings is 2. The summed E-state index contributed by atoms with van der Waals surface area (Å²) in [7, 11) is 3.31. The molecule has 0 radical (unpaired) electrons. The average Bonchev–Trinajstić information content (AvgIpc) is 3.07. The second-order valence-corrected chi connectivity index (χ2v) is 5.39. The Morgan fingerprint density at radius 3 is 2.65 bits per heavy atom. The molecule has 0 unspecified atom stereocenters. The smallest absolute Gasteiger partial charge is 0.231 e. The molecule has 122 valence electrons. The molecule has 1 aliphatic heterocycles. The monoisotopic (exact) mass is 315 g/mol. The molecule has 0 saturated carbocycles. The maximum absolute atomic E-state index is 5.43. The van der Waals surface area contributed by atoms with Crippen LogP contribution in [0.5, 0.6) is 23.0 Å². The van der Waals surface area contributed by atoms with Gasteiger partial charge in [0, 0.05) is 24.2 Å². The van der Waals surface area contributed by atoms with E-state index in [1.165, 1.54) is 0 Å². The van der Waals surface area contributed by atoms with Crippen LogP contribution in [0.1, 0.15) is 24.1 Å². The maximum Gasteiger partial charge on any atom is 0.231 e. The normalized spacial score (nSPS) is 13.7. The van der Waals surface area contributed by atoms with Crippen molar-refractivity contribution in [2.75, 3.05) is 21.0 Å². The molecule has 0 saturated heterocycles. The first kappa shape index (κ1) is 15.5. The van der Waals surface area contributed by atoms with Gasteiger partial charge in [0.05, 0.1) is 14.2 Å². The molecule has 0 fully saturated rings. The zero-order chi connectivity index (χ0) is 16.2. The fourth-order valence-corrected chi connectivity index (χ4v) is 2.56. The highest BCUT2D eigenvalue weighted by atomic mass is 16.7. The van der Waals surface area contributed by atoms with Gasteiger partial charge in [-0.3, -0.25) is 0 Å². The highest BCUT2D eigenvalue weighted by Crippen LogP contribution is 2.34. The van der Waals surface area contributed by atoms with E-state index < -0.39 is 0 Å². The molecule has 0 spiro atoms. The van der Waals surface area contributed by atoms with Crippen LogP contribution in [-0.4, -0.2) is 21.0 Å². The summed E-state index contributed by atoms with van der Waals surface area (Å²) in [6, 6.07) is 12.0. The summed E-state index contributed by atoms with van der Waals surface area (Å²) in [4.78, 5) is 0. The topological polar surface area (TPSA) is 49.0 Å². The zero-order valence-corrected chi connectivity index (χ0v) is 13.6. The maximum atomic E-state index is 5.43. The highest BCUT2D eigenvalue weighted by molar-refractivity contribution is 5.45. The van der Waals surface area contributed by atoms with Gasteiger partial charge in [0.2, 0.25) is 6.79 Å². The standard InChI is InChI=1S/C18H21NO4/c1-12(13-5-7-16-18(8-13)23-11-22-16)19-10-14-4-6-15(20-2)9-17(14)21-3/h4-9,12,19H,10-11H2,1-3H3/t12-/m1/s1. The quantitative estimate of drug-likeness (QED) is 0.886. The number of rotatable bonds is 6. The third-order valence-electron chi connectivity index (χ3n) is 3.99. The Bertz CT molecular complexity index is 687. The van der Waals surface area contributed by atoms with E-state index in [1.54, 1.807) is 14.2 Å².